The number of anilines is 2. The number of hydrogen-bond donors (Lipinski definition) is 1. The topological polar surface area (TPSA) is 64.3 Å². The zero-order valence-electron chi connectivity index (χ0n) is 12.1. The van der Waals surface area contributed by atoms with Crippen LogP contribution in [0.5, 0.6) is 0 Å². The molecule has 0 spiro atoms. The molecule has 1 aromatic heterocycles. The largest absolute Gasteiger partial charge is 0.384 e. The molecule has 5 nitrogen and oxygen atoms in total. The highest BCUT2D eigenvalue weighted by molar-refractivity contribution is 5.46. The lowest BCUT2D eigenvalue weighted by molar-refractivity contribution is 0.0576. The smallest absolute Gasteiger partial charge is 0.135 e. The quantitative estimate of drug-likeness (QED) is 0.901. The fourth-order valence-corrected chi connectivity index (χ4v) is 2.36. The summed E-state index contributed by atoms with van der Waals surface area (Å²) in [5.41, 5.74) is 5.87. The first-order valence-electron chi connectivity index (χ1n) is 6.99. The normalized spacial score (nSPS) is 19.7. The number of ether oxygens (including phenoxy) is 1. The Morgan fingerprint density at radius 1 is 1.47 bits per heavy atom. The molecular formula is C14H24N4O. The van der Waals surface area contributed by atoms with E-state index in [0.717, 1.165) is 37.8 Å². The van der Waals surface area contributed by atoms with Crippen molar-refractivity contribution in [3.63, 3.8) is 0 Å². The van der Waals surface area contributed by atoms with E-state index in [9.17, 15) is 0 Å². The second-order valence-electron chi connectivity index (χ2n) is 5.63. The fraction of sp³-hybridized carbons (Fsp3) is 0.714. The molecule has 0 amide bonds. The molecule has 1 saturated heterocycles. The van der Waals surface area contributed by atoms with Crippen LogP contribution in [-0.2, 0) is 4.74 Å². The summed E-state index contributed by atoms with van der Waals surface area (Å²) in [7, 11) is 2.06. The first kappa shape index (κ1) is 14.1. The maximum atomic E-state index is 5.87. The van der Waals surface area contributed by atoms with Crippen molar-refractivity contribution in [1.29, 1.82) is 0 Å². The molecule has 106 valence electrons. The van der Waals surface area contributed by atoms with Crippen molar-refractivity contribution in [3.8, 4) is 0 Å². The number of nitrogens with zero attached hydrogens (tertiary/aromatic N) is 3. The molecule has 1 aliphatic heterocycles. The molecule has 1 fully saturated rings. The van der Waals surface area contributed by atoms with Crippen molar-refractivity contribution in [2.45, 2.75) is 32.6 Å². The molecule has 1 unspecified atom stereocenters. The fourth-order valence-electron chi connectivity index (χ4n) is 2.36. The summed E-state index contributed by atoms with van der Waals surface area (Å²) in [4.78, 5) is 11.0. The molecule has 1 atom stereocenters. The molecule has 2 heterocycles. The lowest BCUT2D eigenvalue weighted by Gasteiger charge is -2.28. The summed E-state index contributed by atoms with van der Waals surface area (Å²) in [5, 5.41) is 0. The van der Waals surface area contributed by atoms with E-state index < -0.39 is 0 Å². The Hall–Kier alpha value is -1.36. The average molecular weight is 264 g/mol. The van der Waals surface area contributed by atoms with E-state index in [1.165, 1.54) is 6.42 Å². The molecule has 1 aliphatic rings. The van der Waals surface area contributed by atoms with Crippen LogP contribution in [0.3, 0.4) is 0 Å². The van der Waals surface area contributed by atoms with Gasteiger partial charge in [0.05, 0.1) is 6.61 Å². The van der Waals surface area contributed by atoms with E-state index in [2.05, 4.69) is 35.8 Å². The van der Waals surface area contributed by atoms with Crippen LogP contribution in [-0.4, -0.2) is 36.8 Å². The minimum absolute atomic E-state index is 0.286. The molecule has 0 aromatic carbocycles. The summed E-state index contributed by atoms with van der Waals surface area (Å²) in [6, 6.07) is 1.84. The zero-order chi connectivity index (χ0) is 13.8. The number of nitrogens with two attached hydrogens (primary N) is 1. The lowest BCUT2D eigenvalue weighted by Crippen LogP contribution is -2.31. The molecule has 19 heavy (non-hydrogen) atoms. The Kier molecular flexibility index (Phi) is 4.58. The van der Waals surface area contributed by atoms with Gasteiger partial charge in [-0.1, -0.05) is 13.8 Å². The van der Waals surface area contributed by atoms with Gasteiger partial charge in [-0.15, -0.1) is 0 Å². The minimum atomic E-state index is 0.286. The van der Waals surface area contributed by atoms with Gasteiger partial charge in [-0.2, -0.15) is 0 Å². The van der Waals surface area contributed by atoms with E-state index in [-0.39, 0.29) is 5.92 Å². The van der Waals surface area contributed by atoms with E-state index in [1.807, 2.05) is 6.07 Å². The SMILES string of the molecule is CC(C)c1nc(N)cc(N(C)CC2CCCOC2)n1. The van der Waals surface area contributed by atoms with Gasteiger partial charge >= 0.3 is 0 Å². The van der Waals surface area contributed by atoms with Crippen molar-refractivity contribution in [3.05, 3.63) is 11.9 Å². The standard InChI is InChI=1S/C14H24N4O/c1-10(2)14-16-12(15)7-13(17-14)18(3)8-11-5-4-6-19-9-11/h7,10-11H,4-6,8-9H2,1-3H3,(H2,15,16,17). The third-order valence-corrected chi connectivity index (χ3v) is 3.44. The molecular weight excluding hydrogens is 240 g/mol. The Morgan fingerprint density at radius 3 is 2.89 bits per heavy atom. The van der Waals surface area contributed by atoms with Gasteiger partial charge in [0.1, 0.15) is 17.5 Å². The van der Waals surface area contributed by atoms with Gasteiger partial charge in [-0.05, 0) is 18.8 Å². The third-order valence-electron chi connectivity index (χ3n) is 3.44. The second kappa shape index (κ2) is 6.19. The Balaban J connectivity index is 2.07. The maximum absolute atomic E-state index is 5.87. The van der Waals surface area contributed by atoms with Gasteiger partial charge in [0.2, 0.25) is 0 Å². The van der Waals surface area contributed by atoms with Crippen LogP contribution in [0.2, 0.25) is 0 Å². The molecule has 1 aromatic rings. The van der Waals surface area contributed by atoms with E-state index in [1.54, 1.807) is 0 Å². The predicted octanol–water partition coefficient (Wildman–Crippen LogP) is 2.04. The van der Waals surface area contributed by atoms with Gasteiger partial charge in [0.25, 0.3) is 0 Å². The van der Waals surface area contributed by atoms with Crippen LogP contribution in [0.4, 0.5) is 11.6 Å². The molecule has 5 heteroatoms. The van der Waals surface area contributed by atoms with Crippen molar-refractivity contribution in [1.82, 2.24) is 9.97 Å². The molecule has 0 bridgehead atoms. The first-order chi connectivity index (χ1) is 9.06. The van der Waals surface area contributed by atoms with Crippen molar-refractivity contribution in [2.75, 3.05) is 37.4 Å². The van der Waals surface area contributed by atoms with E-state index in [4.69, 9.17) is 10.5 Å². The highest BCUT2D eigenvalue weighted by atomic mass is 16.5. The molecule has 2 rings (SSSR count). The summed E-state index contributed by atoms with van der Waals surface area (Å²) >= 11 is 0. The number of nitrogen functional groups attached to an aromatic ring is 1. The highest BCUT2D eigenvalue weighted by Gasteiger charge is 2.17. The Bertz CT molecular complexity index is 416. The lowest BCUT2D eigenvalue weighted by atomic mass is 10.0. The number of rotatable bonds is 4. The Labute approximate surface area is 115 Å². The minimum Gasteiger partial charge on any atom is -0.384 e. The van der Waals surface area contributed by atoms with Crippen molar-refractivity contribution >= 4 is 11.6 Å². The molecule has 0 saturated carbocycles. The second-order valence-corrected chi connectivity index (χ2v) is 5.63. The van der Waals surface area contributed by atoms with Gasteiger partial charge < -0.3 is 15.4 Å². The predicted molar refractivity (Wildman–Crippen MR) is 77.3 cm³/mol. The van der Waals surface area contributed by atoms with Gasteiger partial charge in [-0.3, -0.25) is 0 Å². The van der Waals surface area contributed by atoms with Gasteiger partial charge in [-0.25, -0.2) is 9.97 Å². The average Bonchev–Trinajstić information content (AvgIpc) is 2.39. The van der Waals surface area contributed by atoms with Crippen LogP contribution < -0.4 is 10.6 Å². The van der Waals surface area contributed by atoms with E-state index in [0.29, 0.717) is 11.7 Å². The Morgan fingerprint density at radius 2 is 2.26 bits per heavy atom. The maximum Gasteiger partial charge on any atom is 0.135 e. The molecule has 0 radical (unpaired) electrons. The van der Waals surface area contributed by atoms with Crippen LogP contribution >= 0.6 is 0 Å². The van der Waals surface area contributed by atoms with Crippen LogP contribution in [0.1, 0.15) is 38.4 Å². The van der Waals surface area contributed by atoms with Crippen LogP contribution in [0, 0.1) is 5.92 Å². The third kappa shape index (κ3) is 3.80. The number of aromatic nitrogens is 2. The number of hydrogen-bond acceptors (Lipinski definition) is 5. The summed E-state index contributed by atoms with van der Waals surface area (Å²) in [6.07, 6.45) is 2.38. The van der Waals surface area contributed by atoms with Crippen molar-refractivity contribution < 1.29 is 4.74 Å². The summed E-state index contributed by atoms with van der Waals surface area (Å²) in [6.45, 7) is 6.86. The summed E-state index contributed by atoms with van der Waals surface area (Å²) in [5.74, 6) is 3.12. The monoisotopic (exact) mass is 264 g/mol. The van der Waals surface area contributed by atoms with Gasteiger partial charge in [0.15, 0.2) is 0 Å². The van der Waals surface area contributed by atoms with E-state index >= 15 is 0 Å². The first-order valence-corrected chi connectivity index (χ1v) is 6.99. The van der Waals surface area contributed by atoms with Gasteiger partial charge in [0, 0.05) is 32.2 Å². The molecule has 2 N–H and O–H groups in total. The van der Waals surface area contributed by atoms with Crippen LogP contribution in [0.15, 0.2) is 6.07 Å². The molecule has 0 aliphatic carbocycles. The van der Waals surface area contributed by atoms with Crippen LogP contribution in [0.25, 0.3) is 0 Å². The summed E-state index contributed by atoms with van der Waals surface area (Å²) < 4.78 is 5.52. The zero-order valence-corrected chi connectivity index (χ0v) is 12.1. The highest BCUT2D eigenvalue weighted by Crippen LogP contribution is 2.20. The van der Waals surface area contributed by atoms with Crippen molar-refractivity contribution in [2.24, 2.45) is 5.92 Å².